The van der Waals surface area contributed by atoms with Crippen LogP contribution in [-0.2, 0) is 9.53 Å². The van der Waals surface area contributed by atoms with Crippen molar-refractivity contribution in [3.63, 3.8) is 0 Å². The van der Waals surface area contributed by atoms with Crippen molar-refractivity contribution in [3.8, 4) is 5.69 Å². The molecule has 28 heavy (non-hydrogen) atoms. The molecule has 1 amide bonds. The van der Waals surface area contributed by atoms with Crippen LogP contribution >= 0.6 is 0 Å². The molecule has 0 fully saturated rings. The smallest absolute Gasteiger partial charge is 0.328 e. The number of fused-ring (bicyclic) bond motifs is 1. The third kappa shape index (κ3) is 3.78. The van der Waals surface area contributed by atoms with Gasteiger partial charge in [-0.1, -0.05) is 26.0 Å². The average Bonchev–Trinajstić information content (AvgIpc) is 2.71. The van der Waals surface area contributed by atoms with Gasteiger partial charge in [-0.05, 0) is 42.3 Å². The first-order valence-corrected chi connectivity index (χ1v) is 8.88. The second kappa shape index (κ2) is 8.04. The number of methoxy groups -OCH3 is 1. The van der Waals surface area contributed by atoms with Crippen LogP contribution in [0.3, 0.4) is 0 Å². The van der Waals surface area contributed by atoms with Crippen LogP contribution in [0.5, 0.6) is 0 Å². The molecule has 1 unspecified atom stereocenters. The first-order chi connectivity index (χ1) is 13.4. The number of ether oxygens (including phenoxy) is 1. The van der Waals surface area contributed by atoms with E-state index in [1.165, 1.54) is 18.0 Å². The van der Waals surface area contributed by atoms with Gasteiger partial charge in [0.05, 0.1) is 23.7 Å². The van der Waals surface area contributed by atoms with E-state index in [9.17, 15) is 14.4 Å². The third-order valence-corrected chi connectivity index (χ3v) is 4.48. The zero-order chi connectivity index (χ0) is 20.3. The van der Waals surface area contributed by atoms with Gasteiger partial charge in [-0.2, -0.15) is 0 Å². The Bertz CT molecular complexity index is 1070. The van der Waals surface area contributed by atoms with E-state index in [1.807, 2.05) is 19.9 Å². The van der Waals surface area contributed by atoms with Crippen molar-refractivity contribution in [3.05, 3.63) is 70.8 Å². The number of carbonyl (C=O) groups excluding carboxylic acids is 2. The van der Waals surface area contributed by atoms with Crippen LogP contribution in [0.2, 0.25) is 0 Å². The number of nitrogens with one attached hydrogen (secondary N) is 1. The Labute approximate surface area is 162 Å². The maximum Gasteiger partial charge on any atom is 0.328 e. The molecule has 0 aliphatic rings. The van der Waals surface area contributed by atoms with Crippen LogP contribution in [0.1, 0.15) is 24.2 Å². The van der Waals surface area contributed by atoms with Gasteiger partial charge in [-0.25, -0.2) is 9.78 Å². The van der Waals surface area contributed by atoms with Crippen molar-refractivity contribution in [2.75, 3.05) is 7.11 Å². The number of rotatable bonds is 5. The van der Waals surface area contributed by atoms with Gasteiger partial charge in [0.15, 0.2) is 0 Å². The molecule has 1 aromatic heterocycles. The summed E-state index contributed by atoms with van der Waals surface area (Å²) in [4.78, 5) is 41.3. The van der Waals surface area contributed by atoms with Gasteiger partial charge < -0.3 is 10.1 Å². The molecule has 7 nitrogen and oxygen atoms in total. The number of benzene rings is 2. The maximum absolute atomic E-state index is 12.7. The van der Waals surface area contributed by atoms with Crippen molar-refractivity contribution in [1.29, 1.82) is 0 Å². The molecular weight excluding hydrogens is 358 g/mol. The van der Waals surface area contributed by atoms with E-state index in [0.717, 1.165) is 0 Å². The molecule has 2 aromatic carbocycles. The van der Waals surface area contributed by atoms with E-state index >= 15 is 0 Å². The van der Waals surface area contributed by atoms with E-state index in [-0.39, 0.29) is 17.4 Å². The number of hydrogen-bond donors (Lipinski definition) is 1. The SMILES string of the molecule is COC(=O)C(NC(=O)c1ccc(-n2cnc3ccccc3c2=O)cc1)C(C)C. The van der Waals surface area contributed by atoms with Gasteiger partial charge in [0.25, 0.3) is 11.5 Å². The quantitative estimate of drug-likeness (QED) is 0.687. The summed E-state index contributed by atoms with van der Waals surface area (Å²) in [6, 6.07) is 12.9. The van der Waals surface area contributed by atoms with Crippen LogP contribution < -0.4 is 10.9 Å². The number of amides is 1. The lowest BCUT2D eigenvalue weighted by Crippen LogP contribution is -2.45. The maximum atomic E-state index is 12.7. The number of esters is 1. The van der Waals surface area contributed by atoms with Crippen LogP contribution in [-0.4, -0.2) is 34.6 Å². The van der Waals surface area contributed by atoms with Gasteiger partial charge in [0.1, 0.15) is 12.4 Å². The highest BCUT2D eigenvalue weighted by molar-refractivity contribution is 5.97. The number of aromatic nitrogens is 2. The standard InChI is InChI=1S/C21H21N3O4/c1-13(2)18(21(27)28-3)23-19(25)14-8-10-15(11-9-14)24-12-22-17-7-5-4-6-16(17)20(24)26/h4-13,18H,1-3H3,(H,23,25). The Morgan fingerprint density at radius 3 is 2.39 bits per heavy atom. The molecule has 144 valence electrons. The van der Waals surface area contributed by atoms with E-state index in [4.69, 9.17) is 4.74 Å². The van der Waals surface area contributed by atoms with Crippen molar-refractivity contribution >= 4 is 22.8 Å². The van der Waals surface area contributed by atoms with E-state index in [2.05, 4.69) is 10.3 Å². The number of carbonyl (C=O) groups is 2. The van der Waals surface area contributed by atoms with E-state index < -0.39 is 12.0 Å². The minimum absolute atomic E-state index is 0.113. The molecule has 1 N–H and O–H groups in total. The van der Waals surface area contributed by atoms with Crippen LogP contribution in [0.15, 0.2) is 59.7 Å². The predicted octanol–water partition coefficient (Wildman–Crippen LogP) is 2.31. The zero-order valence-electron chi connectivity index (χ0n) is 15.9. The first-order valence-electron chi connectivity index (χ1n) is 8.88. The number of nitrogens with zero attached hydrogens (tertiary/aromatic N) is 2. The molecule has 1 atom stereocenters. The van der Waals surface area contributed by atoms with Gasteiger partial charge in [0, 0.05) is 5.56 Å². The lowest BCUT2D eigenvalue weighted by atomic mass is 10.0. The van der Waals surface area contributed by atoms with Crippen LogP contribution in [0.4, 0.5) is 0 Å². The van der Waals surface area contributed by atoms with Crippen LogP contribution in [0.25, 0.3) is 16.6 Å². The van der Waals surface area contributed by atoms with Crippen molar-refractivity contribution in [2.24, 2.45) is 5.92 Å². The topological polar surface area (TPSA) is 90.3 Å². The lowest BCUT2D eigenvalue weighted by molar-refractivity contribution is -0.144. The normalized spacial score (nSPS) is 12.0. The van der Waals surface area contributed by atoms with E-state index in [1.54, 1.807) is 42.5 Å². The first kappa shape index (κ1) is 19.3. The number of para-hydroxylation sites is 1. The fourth-order valence-electron chi connectivity index (χ4n) is 2.88. The molecule has 0 aliphatic carbocycles. The van der Waals surface area contributed by atoms with Crippen molar-refractivity contribution < 1.29 is 14.3 Å². The van der Waals surface area contributed by atoms with E-state index in [0.29, 0.717) is 22.2 Å². The molecule has 0 aliphatic heterocycles. The molecule has 0 saturated heterocycles. The third-order valence-electron chi connectivity index (χ3n) is 4.48. The second-order valence-electron chi connectivity index (χ2n) is 6.70. The Balaban J connectivity index is 1.86. The molecule has 0 radical (unpaired) electrons. The highest BCUT2D eigenvalue weighted by Gasteiger charge is 2.25. The van der Waals surface area contributed by atoms with Gasteiger partial charge in [-0.3, -0.25) is 14.2 Å². The Hall–Kier alpha value is -3.48. The summed E-state index contributed by atoms with van der Waals surface area (Å²) in [6.45, 7) is 3.65. The van der Waals surface area contributed by atoms with Crippen molar-refractivity contribution in [1.82, 2.24) is 14.9 Å². The van der Waals surface area contributed by atoms with Crippen molar-refractivity contribution in [2.45, 2.75) is 19.9 Å². The highest BCUT2D eigenvalue weighted by atomic mass is 16.5. The zero-order valence-corrected chi connectivity index (χ0v) is 15.9. The largest absolute Gasteiger partial charge is 0.467 e. The molecule has 0 spiro atoms. The fourth-order valence-corrected chi connectivity index (χ4v) is 2.88. The monoisotopic (exact) mass is 379 g/mol. The summed E-state index contributed by atoms with van der Waals surface area (Å²) in [6.07, 6.45) is 1.46. The molecule has 0 bridgehead atoms. The summed E-state index contributed by atoms with van der Waals surface area (Å²) in [5.74, 6) is -0.994. The molecule has 1 heterocycles. The fraction of sp³-hybridized carbons (Fsp3) is 0.238. The number of hydrogen-bond acceptors (Lipinski definition) is 5. The van der Waals surface area contributed by atoms with Crippen LogP contribution in [0, 0.1) is 5.92 Å². The Kier molecular flexibility index (Phi) is 5.54. The minimum atomic E-state index is -0.732. The minimum Gasteiger partial charge on any atom is -0.467 e. The average molecular weight is 379 g/mol. The molecule has 3 rings (SSSR count). The predicted molar refractivity (Wildman–Crippen MR) is 105 cm³/mol. The molecule has 0 saturated carbocycles. The summed E-state index contributed by atoms with van der Waals surface area (Å²) in [5, 5.41) is 3.20. The summed E-state index contributed by atoms with van der Waals surface area (Å²) in [7, 11) is 1.29. The molecule has 3 aromatic rings. The molecular formula is C21H21N3O4. The van der Waals surface area contributed by atoms with Gasteiger partial charge in [0.2, 0.25) is 0 Å². The van der Waals surface area contributed by atoms with Gasteiger partial charge in [-0.15, -0.1) is 0 Å². The Morgan fingerprint density at radius 2 is 1.75 bits per heavy atom. The second-order valence-corrected chi connectivity index (χ2v) is 6.70. The molecule has 7 heteroatoms. The Morgan fingerprint density at radius 1 is 1.07 bits per heavy atom. The lowest BCUT2D eigenvalue weighted by Gasteiger charge is -2.19. The summed E-state index contributed by atoms with van der Waals surface area (Å²) >= 11 is 0. The summed E-state index contributed by atoms with van der Waals surface area (Å²) in [5.41, 5.74) is 1.41. The highest BCUT2D eigenvalue weighted by Crippen LogP contribution is 2.12. The van der Waals surface area contributed by atoms with Gasteiger partial charge >= 0.3 is 5.97 Å². The summed E-state index contributed by atoms with van der Waals surface area (Å²) < 4.78 is 6.16.